The van der Waals surface area contributed by atoms with Crippen LogP contribution in [0.25, 0.3) is 0 Å². The number of carbonyl (C=O) groups excluding carboxylic acids is 1. The largest absolute Gasteiger partial charge is 0.481 e. The number of unbranched alkanes of at least 4 members (excludes halogenated alkanes) is 8. The Morgan fingerprint density at radius 1 is 0.765 bits per heavy atom. The van der Waals surface area contributed by atoms with E-state index in [0.29, 0.717) is 12.8 Å². The molecule has 0 radical (unpaired) electrons. The van der Waals surface area contributed by atoms with Crippen molar-refractivity contribution >= 4 is 23.9 Å². The molecule has 34 heavy (non-hydrogen) atoms. The maximum Gasteiger partial charge on any atom is 0.342 e. The predicted octanol–water partition coefficient (Wildman–Crippen LogP) is 4.18. The minimum absolute atomic E-state index is 0.118. The van der Waals surface area contributed by atoms with Crippen molar-refractivity contribution in [3.05, 3.63) is 24.3 Å². The van der Waals surface area contributed by atoms with Crippen LogP contribution in [0.3, 0.4) is 0 Å². The molecule has 0 rings (SSSR count). The molecule has 0 aliphatic heterocycles. The van der Waals surface area contributed by atoms with Crippen molar-refractivity contribution in [1.29, 1.82) is 0 Å². The summed E-state index contributed by atoms with van der Waals surface area (Å²) in [6.45, 7) is 0. The lowest BCUT2D eigenvalue weighted by atomic mass is 9.81. The van der Waals surface area contributed by atoms with E-state index in [0.717, 1.165) is 57.8 Å². The number of aliphatic hydroxyl groups is 1. The summed E-state index contributed by atoms with van der Waals surface area (Å²) in [7, 11) is 0. The van der Waals surface area contributed by atoms with E-state index in [-0.39, 0.29) is 12.8 Å². The second-order valence-electron chi connectivity index (χ2n) is 8.28. The van der Waals surface area contributed by atoms with Crippen LogP contribution in [0.4, 0.5) is 0 Å². The first-order valence-corrected chi connectivity index (χ1v) is 11.7. The highest BCUT2D eigenvalue weighted by Gasteiger charge is 2.49. The molecule has 0 fully saturated rings. The first-order valence-electron chi connectivity index (χ1n) is 11.7. The molecule has 5 N–H and O–H groups in total. The van der Waals surface area contributed by atoms with E-state index in [2.05, 4.69) is 17.0 Å². The monoisotopic (exact) mass is 486 g/mol. The molecular formula is C24H38O10. The summed E-state index contributed by atoms with van der Waals surface area (Å²) in [6.07, 6.45) is 16.4. The van der Waals surface area contributed by atoms with Gasteiger partial charge < -0.3 is 25.3 Å². The van der Waals surface area contributed by atoms with Gasteiger partial charge in [0.15, 0.2) is 5.60 Å². The number of allylic oxidation sites excluding steroid dienone is 4. The minimum Gasteiger partial charge on any atom is -0.481 e. The van der Waals surface area contributed by atoms with E-state index < -0.39 is 41.8 Å². The highest BCUT2D eigenvalue weighted by molar-refractivity contribution is 5.89. The van der Waals surface area contributed by atoms with Gasteiger partial charge in [0.05, 0.1) is 12.3 Å². The fraction of sp³-hybridized carbons (Fsp3) is 0.667. The number of hydrogen-bond donors (Lipinski definition) is 5. The van der Waals surface area contributed by atoms with Gasteiger partial charge in [-0.25, -0.2) is 9.59 Å². The number of aliphatic carboxylic acids is 3. The molecule has 10 heteroatoms. The zero-order valence-corrected chi connectivity index (χ0v) is 19.6. The normalized spacial score (nSPS) is 14.2. The van der Waals surface area contributed by atoms with Crippen molar-refractivity contribution in [3.8, 4) is 0 Å². The van der Waals surface area contributed by atoms with Crippen molar-refractivity contribution in [2.45, 2.75) is 95.5 Å². The summed E-state index contributed by atoms with van der Waals surface area (Å²) in [6, 6.07) is 0. The smallest absolute Gasteiger partial charge is 0.342 e. The van der Waals surface area contributed by atoms with Gasteiger partial charge in [0.1, 0.15) is 0 Å². The molecule has 2 atom stereocenters. The van der Waals surface area contributed by atoms with Crippen LogP contribution in [-0.4, -0.2) is 55.2 Å². The van der Waals surface area contributed by atoms with E-state index >= 15 is 0 Å². The Morgan fingerprint density at radius 3 is 1.79 bits per heavy atom. The maximum atomic E-state index is 11.4. The second-order valence-corrected chi connectivity index (χ2v) is 8.28. The van der Waals surface area contributed by atoms with Crippen molar-refractivity contribution in [2.24, 2.45) is 5.92 Å². The molecule has 0 aromatic heterocycles. The summed E-state index contributed by atoms with van der Waals surface area (Å²) in [4.78, 5) is 47.9. The third kappa shape index (κ3) is 14.4. The first kappa shape index (κ1) is 31.3. The van der Waals surface area contributed by atoms with Crippen molar-refractivity contribution in [1.82, 2.24) is 0 Å². The standard InChI is InChI=1S/C24H38O10/c25-20(26)18-24(32,23(30)31)19(22(28)29)16-14-12-10-8-6-4-2-1-3-5-7-9-11-13-15-17-21(27)34-33/h1,3-4,6,19,32-33H,2,5,7-18H2,(H,25,26)(H,28,29)(H,30,31)/b3-1-,6-4-. The molecule has 194 valence electrons. The Kier molecular flexibility index (Phi) is 17.2. The van der Waals surface area contributed by atoms with E-state index in [4.69, 9.17) is 15.5 Å². The number of carboxylic acids is 3. The first-order chi connectivity index (χ1) is 16.1. The number of rotatable bonds is 21. The van der Waals surface area contributed by atoms with Crippen LogP contribution in [-0.2, 0) is 24.1 Å². The maximum absolute atomic E-state index is 11.4. The van der Waals surface area contributed by atoms with Crippen LogP contribution in [0.1, 0.15) is 89.9 Å². The van der Waals surface area contributed by atoms with E-state index in [9.17, 15) is 29.4 Å². The molecule has 0 spiro atoms. The van der Waals surface area contributed by atoms with Gasteiger partial charge in [-0.15, -0.1) is 0 Å². The molecular weight excluding hydrogens is 448 g/mol. The van der Waals surface area contributed by atoms with Crippen molar-refractivity contribution in [2.75, 3.05) is 0 Å². The van der Waals surface area contributed by atoms with Crippen LogP contribution < -0.4 is 0 Å². The summed E-state index contributed by atoms with van der Waals surface area (Å²) in [5.41, 5.74) is -2.83. The fourth-order valence-corrected chi connectivity index (χ4v) is 3.55. The number of carboxylic acid groups (broad SMARTS) is 3. The zero-order valence-electron chi connectivity index (χ0n) is 19.6. The number of carbonyl (C=O) groups is 4. The van der Waals surface area contributed by atoms with Crippen molar-refractivity contribution < 1.29 is 49.7 Å². The molecule has 0 aromatic rings. The fourth-order valence-electron chi connectivity index (χ4n) is 3.55. The molecule has 0 bridgehead atoms. The molecule has 0 heterocycles. The molecule has 0 saturated carbocycles. The van der Waals surface area contributed by atoms with E-state index in [1.165, 1.54) is 0 Å². The van der Waals surface area contributed by atoms with Gasteiger partial charge in [-0.2, -0.15) is 5.26 Å². The Balaban J connectivity index is 3.93. The lowest BCUT2D eigenvalue weighted by molar-refractivity contribution is -0.234. The highest BCUT2D eigenvalue weighted by Crippen LogP contribution is 2.28. The van der Waals surface area contributed by atoms with Gasteiger partial charge >= 0.3 is 23.9 Å². The molecule has 0 aromatic carbocycles. The Labute approximate surface area is 199 Å². The molecule has 0 amide bonds. The average Bonchev–Trinajstić information content (AvgIpc) is 2.77. The molecule has 2 unspecified atom stereocenters. The summed E-state index contributed by atoms with van der Waals surface area (Å²) in [5, 5.41) is 45.5. The highest BCUT2D eigenvalue weighted by atomic mass is 17.1. The molecule has 10 nitrogen and oxygen atoms in total. The average molecular weight is 487 g/mol. The predicted molar refractivity (Wildman–Crippen MR) is 123 cm³/mol. The van der Waals surface area contributed by atoms with E-state index in [1.54, 1.807) is 0 Å². The second kappa shape index (κ2) is 18.7. The molecule has 0 aliphatic rings. The van der Waals surface area contributed by atoms with Crippen LogP contribution in [0.15, 0.2) is 24.3 Å². The van der Waals surface area contributed by atoms with Gasteiger partial charge in [-0.1, -0.05) is 56.4 Å². The van der Waals surface area contributed by atoms with Gasteiger partial charge in [-0.05, 0) is 44.9 Å². The van der Waals surface area contributed by atoms with Crippen LogP contribution >= 0.6 is 0 Å². The third-order valence-corrected chi connectivity index (χ3v) is 5.49. The van der Waals surface area contributed by atoms with Crippen LogP contribution in [0, 0.1) is 5.92 Å². The van der Waals surface area contributed by atoms with Crippen LogP contribution in [0.2, 0.25) is 0 Å². The summed E-state index contributed by atoms with van der Waals surface area (Å²) >= 11 is 0. The molecule has 0 saturated heterocycles. The topological polar surface area (TPSA) is 179 Å². The Bertz CT molecular complexity index is 685. The quantitative estimate of drug-likeness (QED) is 0.0684. The van der Waals surface area contributed by atoms with Crippen molar-refractivity contribution in [3.63, 3.8) is 0 Å². The zero-order chi connectivity index (χ0) is 25.8. The minimum atomic E-state index is -2.83. The van der Waals surface area contributed by atoms with E-state index in [1.807, 2.05) is 12.2 Å². The Hall–Kier alpha value is -2.72. The Morgan fingerprint density at radius 2 is 1.29 bits per heavy atom. The summed E-state index contributed by atoms with van der Waals surface area (Å²) in [5.74, 6) is -7.23. The van der Waals surface area contributed by atoms with Crippen LogP contribution in [0.5, 0.6) is 0 Å². The SMILES string of the molecule is O=C(O)CC(O)(C(=O)O)C(CCCCC/C=C\C/C=C\CCCCCCCC(=O)OO)C(=O)O. The van der Waals surface area contributed by atoms with Gasteiger partial charge in [-0.3, -0.25) is 9.59 Å². The van der Waals surface area contributed by atoms with Gasteiger partial charge in [0.25, 0.3) is 0 Å². The number of hydrogen-bond acceptors (Lipinski definition) is 7. The van der Waals surface area contributed by atoms with Gasteiger partial charge in [0.2, 0.25) is 0 Å². The van der Waals surface area contributed by atoms with Gasteiger partial charge in [0, 0.05) is 6.42 Å². The third-order valence-electron chi connectivity index (χ3n) is 5.49. The lowest BCUT2D eigenvalue weighted by Gasteiger charge is -2.28. The molecule has 0 aliphatic carbocycles. The lowest BCUT2D eigenvalue weighted by Crippen LogP contribution is -2.50. The summed E-state index contributed by atoms with van der Waals surface area (Å²) < 4.78 is 0.